The summed E-state index contributed by atoms with van der Waals surface area (Å²) in [6.45, 7) is 14.6. The number of hydrogen-bond donors (Lipinski definition) is 0. The van der Waals surface area contributed by atoms with Crippen LogP contribution in [0.1, 0.15) is 61.8 Å². The average molecular weight is 474 g/mol. The van der Waals surface area contributed by atoms with Crippen molar-refractivity contribution in [1.29, 1.82) is 0 Å². The molecule has 3 aromatic rings. The van der Waals surface area contributed by atoms with Gasteiger partial charge in [-0.25, -0.2) is 4.79 Å². The minimum absolute atomic E-state index is 0.379. The third-order valence-electron chi connectivity index (χ3n) is 6.78. The van der Waals surface area contributed by atoms with Crippen LogP contribution in [0.15, 0.2) is 60.8 Å². The molecule has 1 aliphatic rings. The van der Waals surface area contributed by atoms with E-state index in [-0.39, 0.29) is 5.97 Å². The number of pyridine rings is 1. The predicted octanol–water partition coefficient (Wildman–Crippen LogP) is 5.64. The van der Waals surface area contributed by atoms with Crippen molar-refractivity contribution in [1.82, 2.24) is 4.98 Å². The van der Waals surface area contributed by atoms with Crippen molar-refractivity contribution in [2.75, 3.05) is 42.6 Å². The Bertz CT molecular complexity index is 1170. The molecule has 1 atom stereocenters. The molecule has 0 radical (unpaired) electrons. The van der Waals surface area contributed by atoms with Crippen molar-refractivity contribution in [3.05, 3.63) is 83.2 Å². The van der Waals surface area contributed by atoms with E-state index in [9.17, 15) is 4.79 Å². The predicted molar refractivity (Wildman–Crippen MR) is 141 cm³/mol. The second-order valence-corrected chi connectivity index (χ2v) is 8.48. The smallest absolute Gasteiger partial charge is 0.341 e. The quantitative estimate of drug-likeness (QED) is 0.356. The maximum absolute atomic E-state index is 13.1. The SMILES string of the molecule is CCOc1cc(N(CC)CC)ccc1C1(c2ccc(N(CC)CC)cc2)OC(=O)c2cccnc21. The molecule has 6 heteroatoms. The summed E-state index contributed by atoms with van der Waals surface area (Å²) in [7, 11) is 0. The first-order chi connectivity index (χ1) is 17.0. The summed E-state index contributed by atoms with van der Waals surface area (Å²) >= 11 is 0. The highest BCUT2D eigenvalue weighted by atomic mass is 16.6. The number of anilines is 2. The molecule has 184 valence electrons. The van der Waals surface area contributed by atoms with Gasteiger partial charge in [0.1, 0.15) is 11.4 Å². The van der Waals surface area contributed by atoms with Crippen LogP contribution in [0.3, 0.4) is 0 Å². The number of esters is 1. The van der Waals surface area contributed by atoms with Gasteiger partial charge >= 0.3 is 5.97 Å². The molecule has 35 heavy (non-hydrogen) atoms. The number of aromatic nitrogens is 1. The number of carbonyl (C=O) groups is 1. The van der Waals surface area contributed by atoms with Crippen LogP contribution < -0.4 is 14.5 Å². The fraction of sp³-hybridized carbons (Fsp3) is 0.379. The Balaban J connectivity index is 1.95. The number of carbonyl (C=O) groups excluding carboxylic acids is 1. The van der Waals surface area contributed by atoms with E-state index in [1.54, 1.807) is 18.3 Å². The standard InChI is InChI=1S/C29H35N3O3/c1-6-31(7-2)22-15-13-21(14-16-22)29(27-24(28(33)35-29)12-11-19-30-27)25-18-17-23(32(8-3)9-4)20-26(25)34-10-5/h11-20H,6-10H2,1-5H3. The van der Waals surface area contributed by atoms with E-state index in [0.29, 0.717) is 23.6 Å². The summed E-state index contributed by atoms with van der Waals surface area (Å²) in [6.07, 6.45) is 1.71. The maximum Gasteiger partial charge on any atom is 0.341 e. The first kappa shape index (κ1) is 24.6. The summed E-state index contributed by atoms with van der Waals surface area (Å²) in [6, 6.07) is 17.9. The Labute approximate surface area is 208 Å². The molecule has 1 aliphatic heterocycles. The van der Waals surface area contributed by atoms with E-state index < -0.39 is 5.60 Å². The van der Waals surface area contributed by atoms with Gasteiger partial charge in [-0.05, 0) is 71.0 Å². The minimum atomic E-state index is -1.19. The molecule has 1 aromatic heterocycles. The molecule has 1 unspecified atom stereocenters. The number of fused-ring (bicyclic) bond motifs is 1. The van der Waals surface area contributed by atoms with Crippen molar-refractivity contribution in [2.45, 2.75) is 40.2 Å². The molecule has 0 spiro atoms. The lowest BCUT2D eigenvalue weighted by Gasteiger charge is -2.32. The van der Waals surface area contributed by atoms with Crippen LogP contribution in [0.4, 0.5) is 11.4 Å². The highest BCUT2D eigenvalue weighted by molar-refractivity contribution is 5.95. The molecule has 0 aliphatic carbocycles. The molecule has 0 fully saturated rings. The second kappa shape index (κ2) is 10.4. The molecule has 0 saturated heterocycles. The molecule has 0 N–H and O–H groups in total. The monoisotopic (exact) mass is 473 g/mol. The summed E-state index contributed by atoms with van der Waals surface area (Å²) in [5, 5.41) is 0. The van der Waals surface area contributed by atoms with Crippen molar-refractivity contribution in [3.63, 3.8) is 0 Å². The number of ether oxygens (including phenoxy) is 2. The largest absolute Gasteiger partial charge is 0.493 e. The van der Waals surface area contributed by atoms with Gasteiger partial charge in [0.05, 0.1) is 12.2 Å². The van der Waals surface area contributed by atoms with Gasteiger partial charge in [0, 0.05) is 60.9 Å². The van der Waals surface area contributed by atoms with Crippen LogP contribution in [0, 0.1) is 0 Å². The minimum Gasteiger partial charge on any atom is -0.493 e. The molecule has 0 amide bonds. The normalized spacial score (nSPS) is 16.5. The fourth-order valence-electron chi connectivity index (χ4n) is 4.98. The summed E-state index contributed by atoms with van der Waals surface area (Å²) in [4.78, 5) is 22.3. The van der Waals surface area contributed by atoms with E-state index >= 15 is 0 Å². The Morgan fingerprint density at radius 2 is 1.49 bits per heavy atom. The number of hydrogen-bond acceptors (Lipinski definition) is 6. The van der Waals surface area contributed by atoms with Crippen LogP contribution in [0.5, 0.6) is 5.75 Å². The van der Waals surface area contributed by atoms with Crippen LogP contribution in [-0.4, -0.2) is 43.7 Å². The van der Waals surface area contributed by atoms with Gasteiger partial charge in [0.25, 0.3) is 0 Å². The van der Waals surface area contributed by atoms with Crippen molar-refractivity contribution < 1.29 is 14.3 Å². The summed E-state index contributed by atoms with van der Waals surface area (Å²) in [5.74, 6) is 0.312. The number of cyclic esters (lactones) is 1. The molecular weight excluding hydrogens is 438 g/mol. The van der Waals surface area contributed by atoms with Crippen molar-refractivity contribution in [2.24, 2.45) is 0 Å². The highest BCUT2D eigenvalue weighted by Gasteiger charge is 2.51. The van der Waals surface area contributed by atoms with Crippen LogP contribution in [0.25, 0.3) is 0 Å². The first-order valence-corrected chi connectivity index (χ1v) is 12.6. The molecule has 4 rings (SSSR count). The van der Waals surface area contributed by atoms with Gasteiger partial charge in [-0.2, -0.15) is 0 Å². The lowest BCUT2D eigenvalue weighted by Crippen LogP contribution is -2.31. The van der Waals surface area contributed by atoms with Gasteiger partial charge < -0.3 is 19.3 Å². The van der Waals surface area contributed by atoms with Gasteiger partial charge in [-0.15, -0.1) is 0 Å². The average Bonchev–Trinajstić information content (AvgIpc) is 3.19. The molecule has 6 nitrogen and oxygen atoms in total. The zero-order valence-electron chi connectivity index (χ0n) is 21.4. The summed E-state index contributed by atoms with van der Waals surface area (Å²) < 4.78 is 12.4. The first-order valence-electron chi connectivity index (χ1n) is 12.6. The Hall–Kier alpha value is -3.54. The van der Waals surface area contributed by atoms with Gasteiger partial charge in [-0.3, -0.25) is 4.98 Å². The molecule has 0 saturated carbocycles. The number of benzene rings is 2. The van der Waals surface area contributed by atoms with Gasteiger partial charge in [0.15, 0.2) is 0 Å². The number of nitrogens with zero attached hydrogens (tertiary/aromatic N) is 3. The van der Waals surface area contributed by atoms with E-state index in [0.717, 1.165) is 48.7 Å². The zero-order chi connectivity index (χ0) is 25.0. The van der Waals surface area contributed by atoms with Gasteiger partial charge in [-0.1, -0.05) is 12.1 Å². The lowest BCUT2D eigenvalue weighted by molar-refractivity contribution is 0.0235. The van der Waals surface area contributed by atoms with Crippen LogP contribution >= 0.6 is 0 Å². The molecule has 2 heterocycles. The maximum atomic E-state index is 13.1. The second-order valence-electron chi connectivity index (χ2n) is 8.48. The van der Waals surface area contributed by atoms with Crippen LogP contribution in [0.2, 0.25) is 0 Å². The third-order valence-corrected chi connectivity index (χ3v) is 6.78. The molecule has 2 aromatic carbocycles. The highest BCUT2D eigenvalue weighted by Crippen LogP contribution is 2.49. The Morgan fingerprint density at radius 1 is 0.857 bits per heavy atom. The van der Waals surface area contributed by atoms with E-state index in [1.165, 1.54) is 0 Å². The van der Waals surface area contributed by atoms with Crippen molar-refractivity contribution in [3.8, 4) is 5.75 Å². The summed E-state index contributed by atoms with van der Waals surface area (Å²) in [5.41, 5.74) is 3.70. The Morgan fingerprint density at radius 3 is 2.11 bits per heavy atom. The molecule has 0 bridgehead atoms. The fourth-order valence-corrected chi connectivity index (χ4v) is 4.98. The van der Waals surface area contributed by atoms with Gasteiger partial charge in [0.2, 0.25) is 5.60 Å². The third kappa shape index (κ3) is 4.22. The van der Waals surface area contributed by atoms with E-state index in [2.05, 4.69) is 60.7 Å². The lowest BCUT2D eigenvalue weighted by atomic mass is 9.82. The Kier molecular flexibility index (Phi) is 7.29. The zero-order valence-corrected chi connectivity index (χ0v) is 21.4. The van der Waals surface area contributed by atoms with Crippen LogP contribution in [-0.2, 0) is 10.3 Å². The topological polar surface area (TPSA) is 54.9 Å². The van der Waals surface area contributed by atoms with E-state index in [4.69, 9.17) is 9.47 Å². The van der Waals surface area contributed by atoms with Crippen molar-refractivity contribution >= 4 is 17.3 Å². The molecular formula is C29H35N3O3. The number of rotatable bonds is 10. The van der Waals surface area contributed by atoms with E-state index in [1.807, 2.05) is 31.2 Å².